The molecule has 1 rings (SSSR count). The van der Waals surface area contributed by atoms with Gasteiger partial charge in [-0.2, -0.15) is 0 Å². The van der Waals surface area contributed by atoms with Crippen LogP contribution in [0.1, 0.15) is 39.0 Å². The highest BCUT2D eigenvalue weighted by Crippen LogP contribution is 2.17. The van der Waals surface area contributed by atoms with E-state index in [0.29, 0.717) is 18.4 Å². The first-order valence-corrected chi connectivity index (χ1v) is 6.85. The van der Waals surface area contributed by atoms with Crippen molar-refractivity contribution in [2.24, 2.45) is 17.6 Å². The van der Waals surface area contributed by atoms with E-state index in [4.69, 9.17) is 10.7 Å². The quantitative estimate of drug-likeness (QED) is 0.843. The second-order valence-electron chi connectivity index (χ2n) is 5.81. The highest BCUT2D eigenvalue weighted by Gasteiger charge is 2.12. The lowest BCUT2D eigenvalue weighted by Gasteiger charge is -2.28. The maximum Gasteiger partial charge on any atom is 0.128 e. The number of aromatic nitrogens is 1. The molecule has 0 aromatic carbocycles. The molecule has 1 aromatic heterocycles. The minimum absolute atomic E-state index is 0.563. The lowest BCUT2D eigenvalue weighted by atomic mass is 10.1. The molecule has 3 heteroatoms. The Labute approximate surface area is 111 Å². The van der Waals surface area contributed by atoms with Crippen LogP contribution in [0.15, 0.2) is 12.1 Å². The normalized spacial score (nSPS) is 11.3. The molecule has 0 aliphatic heterocycles. The number of hydrogen-bond donors (Lipinski definition) is 1. The number of hydrogen-bond acceptors (Lipinski definition) is 3. The van der Waals surface area contributed by atoms with Crippen LogP contribution in [0.3, 0.4) is 0 Å². The van der Waals surface area contributed by atoms with Gasteiger partial charge in [-0.05, 0) is 30.4 Å². The first kappa shape index (κ1) is 15.0. The molecule has 0 fully saturated rings. The van der Waals surface area contributed by atoms with Crippen LogP contribution >= 0.6 is 0 Å². The monoisotopic (exact) mass is 249 g/mol. The van der Waals surface area contributed by atoms with Crippen molar-refractivity contribution in [2.45, 2.75) is 41.2 Å². The number of rotatable bonds is 6. The van der Waals surface area contributed by atoms with Crippen LogP contribution in [0.25, 0.3) is 0 Å². The van der Waals surface area contributed by atoms with Gasteiger partial charge < -0.3 is 10.6 Å². The molecule has 0 aliphatic carbocycles. The van der Waals surface area contributed by atoms with Crippen LogP contribution in [0, 0.1) is 18.8 Å². The van der Waals surface area contributed by atoms with E-state index in [1.165, 1.54) is 0 Å². The zero-order valence-corrected chi connectivity index (χ0v) is 12.4. The first-order valence-electron chi connectivity index (χ1n) is 6.85. The van der Waals surface area contributed by atoms with Gasteiger partial charge in [-0.15, -0.1) is 0 Å². The first-order chi connectivity index (χ1) is 8.43. The van der Waals surface area contributed by atoms with E-state index in [2.05, 4.69) is 44.7 Å². The Kier molecular flexibility index (Phi) is 5.60. The number of nitrogens with zero attached hydrogens (tertiary/aromatic N) is 2. The van der Waals surface area contributed by atoms with Crippen LogP contribution in [0.2, 0.25) is 0 Å². The van der Waals surface area contributed by atoms with E-state index < -0.39 is 0 Å². The molecule has 2 N–H and O–H groups in total. The Balaban J connectivity index is 2.93. The van der Waals surface area contributed by atoms with Crippen molar-refractivity contribution in [3.63, 3.8) is 0 Å². The van der Waals surface area contributed by atoms with E-state index in [-0.39, 0.29) is 0 Å². The topological polar surface area (TPSA) is 42.2 Å². The molecule has 0 atom stereocenters. The van der Waals surface area contributed by atoms with Gasteiger partial charge in [0, 0.05) is 25.3 Å². The Morgan fingerprint density at radius 2 is 1.67 bits per heavy atom. The summed E-state index contributed by atoms with van der Waals surface area (Å²) >= 11 is 0. The SMILES string of the molecule is Cc1nc(N(CC(C)C)CC(C)C)ccc1CN. The van der Waals surface area contributed by atoms with Crippen molar-refractivity contribution >= 4 is 5.82 Å². The van der Waals surface area contributed by atoms with Gasteiger partial charge in [0.25, 0.3) is 0 Å². The molecule has 18 heavy (non-hydrogen) atoms. The van der Waals surface area contributed by atoms with Gasteiger partial charge in [0.05, 0.1) is 0 Å². The van der Waals surface area contributed by atoms with Gasteiger partial charge in [0.2, 0.25) is 0 Å². The maximum absolute atomic E-state index is 5.68. The number of pyridine rings is 1. The third-order valence-corrected chi connectivity index (χ3v) is 2.90. The number of anilines is 1. The molecule has 0 bridgehead atoms. The lowest BCUT2D eigenvalue weighted by Crippen LogP contribution is -2.32. The summed E-state index contributed by atoms with van der Waals surface area (Å²) in [5.74, 6) is 2.35. The predicted octanol–water partition coefficient (Wildman–Crippen LogP) is 2.97. The smallest absolute Gasteiger partial charge is 0.128 e. The van der Waals surface area contributed by atoms with Gasteiger partial charge in [-0.25, -0.2) is 4.98 Å². The van der Waals surface area contributed by atoms with Crippen molar-refractivity contribution in [1.82, 2.24) is 4.98 Å². The summed E-state index contributed by atoms with van der Waals surface area (Å²) in [5.41, 5.74) is 7.87. The van der Waals surface area contributed by atoms with E-state index >= 15 is 0 Å². The highest BCUT2D eigenvalue weighted by atomic mass is 15.2. The van der Waals surface area contributed by atoms with E-state index in [1.807, 2.05) is 6.92 Å². The predicted molar refractivity (Wildman–Crippen MR) is 78.8 cm³/mol. The fraction of sp³-hybridized carbons (Fsp3) is 0.667. The molecule has 0 aliphatic rings. The Morgan fingerprint density at radius 1 is 1.11 bits per heavy atom. The third-order valence-electron chi connectivity index (χ3n) is 2.90. The van der Waals surface area contributed by atoms with Crippen LogP contribution in [0.4, 0.5) is 5.82 Å². The summed E-state index contributed by atoms with van der Waals surface area (Å²) in [6, 6.07) is 4.20. The van der Waals surface area contributed by atoms with Crippen molar-refractivity contribution < 1.29 is 0 Å². The van der Waals surface area contributed by atoms with Crippen molar-refractivity contribution in [2.75, 3.05) is 18.0 Å². The average Bonchev–Trinajstić information content (AvgIpc) is 2.26. The molecular formula is C15H27N3. The summed E-state index contributed by atoms with van der Waals surface area (Å²) in [5, 5.41) is 0. The number of aryl methyl sites for hydroxylation is 1. The summed E-state index contributed by atoms with van der Waals surface area (Å²) in [6.07, 6.45) is 0. The standard InChI is InChI=1S/C15H27N3/c1-11(2)9-18(10-12(3)4)15-7-6-14(8-16)13(5)17-15/h6-7,11-12H,8-10,16H2,1-5H3. The van der Waals surface area contributed by atoms with Crippen LogP contribution in [0.5, 0.6) is 0 Å². The summed E-state index contributed by atoms with van der Waals surface area (Å²) in [4.78, 5) is 7.07. The second-order valence-corrected chi connectivity index (χ2v) is 5.81. The second kappa shape index (κ2) is 6.74. The van der Waals surface area contributed by atoms with Gasteiger partial charge in [0.15, 0.2) is 0 Å². The average molecular weight is 249 g/mol. The molecular weight excluding hydrogens is 222 g/mol. The summed E-state index contributed by atoms with van der Waals surface area (Å²) in [6.45, 7) is 13.7. The lowest BCUT2D eigenvalue weighted by molar-refractivity contribution is 0.548. The van der Waals surface area contributed by atoms with Crippen molar-refractivity contribution in [3.8, 4) is 0 Å². The Bertz CT molecular complexity index is 362. The summed E-state index contributed by atoms with van der Waals surface area (Å²) in [7, 11) is 0. The minimum Gasteiger partial charge on any atom is -0.356 e. The zero-order valence-electron chi connectivity index (χ0n) is 12.4. The molecule has 102 valence electrons. The van der Waals surface area contributed by atoms with Crippen LogP contribution < -0.4 is 10.6 Å². The molecule has 0 amide bonds. The largest absolute Gasteiger partial charge is 0.356 e. The molecule has 0 saturated carbocycles. The minimum atomic E-state index is 0.563. The molecule has 1 heterocycles. The van der Waals surface area contributed by atoms with Gasteiger partial charge in [-0.3, -0.25) is 0 Å². The molecule has 0 spiro atoms. The van der Waals surface area contributed by atoms with Gasteiger partial charge in [-0.1, -0.05) is 33.8 Å². The molecule has 3 nitrogen and oxygen atoms in total. The van der Waals surface area contributed by atoms with Crippen molar-refractivity contribution in [3.05, 3.63) is 23.4 Å². The van der Waals surface area contributed by atoms with Crippen LogP contribution in [-0.4, -0.2) is 18.1 Å². The van der Waals surface area contributed by atoms with Gasteiger partial charge >= 0.3 is 0 Å². The zero-order chi connectivity index (χ0) is 13.7. The van der Waals surface area contributed by atoms with Gasteiger partial charge in [0.1, 0.15) is 5.82 Å². The molecule has 1 aromatic rings. The summed E-state index contributed by atoms with van der Waals surface area (Å²) < 4.78 is 0. The Hall–Kier alpha value is -1.09. The van der Waals surface area contributed by atoms with E-state index in [9.17, 15) is 0 Å². The van der Waals surface area contributed by atoms with Crippen LogP contribution in [-0.2, 0) is 6.54 Å². The molecule has 0 unspecified atom stereocenters. The molecule has 0 saturated heterocycles. The fourth-order valence-electron chi connectivity index (χ4n) is 2.11. The van der Waals surface area contributed by atoms with E-state index in [1.54, 1.807) is 0 Å². The fourth-order valence-corrected chi connectivity index (χ4v) is 2.11. The van der Waals surface area contributed by atoms with E-state index in [0.717, 1.165) is 30.2 Å². The molecule has 0 radical (unpaired) electrons. The number of nitrogens with two attached hydrogens (primary N) is 1. The van der Waals surface area contributed by atoms with Crippen molar-refractivity contribution in [1.29, 1.82) is 0 Å². The third kappa shape index (κ3) is 4.30. The Morgan fingerprint density at radius 3 is 2.06 bits per heavy atom. The maximum atomic E-state index is 5.68. The highest BCUT2D eigenvalue weighted by molar-refractivity contribution is 5.41.